The van der Waals surface area contributed by atoms with E-state index in [1.807, 2.05) is 30.3 Å². The van der Waals surface area contributed by atoms with Crippen LogP contribution in [0.5, 0.6) is 0 Å². The Balaban J connectivity index is 1.20. The van der Waals surface area contributed by atoms with E-state index in [1.54, 1.807) is 0 Å². The first kappa shape index (κ1) is 30.7. The minimum absolute atomic E-state index is 0.589. The van der Waals surface area contributed by atoms with Crippen molar-refractivity contribution in [2.75, 3.05) is 0 Å². The molecular formula is C50H29N5. The Hall–Kier alpha value is -7.86. The van der Waals surface area contributed by atoms with E-state index >= 15 is 0 Å². The summed E-state index contributed by atoms with van der Waals surface area (Å²) in [7, 11) is 0. The molecule has 11 aromatic rings. The molecule has 0 N–H and O–H groups in total. The average Bonchev–Trinajstić information content (AvgIpc) is 3.89. The smallest absolute Gasteiger partial charge is 0.101 e. The van der Waals surface area contributed by atoms with Crippen LogP contribution >= 0.6 is 0 Å². The number of aromatic nitrogens is 3. The molecule has 0 fully saturated rings. The van der Waals surface area contributed by atoms with Crippen molar-refractivity contribution < 1.29 is 0 Å². The third-order valence-electron chi connectivity index (χ3n) is 11.1. The van der Waals surface area contributed by atoms with Gasteiger partial charge in [0.1, 0.15) is 6.07 Å². The number of rotatable bonds is 4. The van der Waals surface area contributed by atoms with Gasteiger partial charge in [0.05, 0.1) is 67.4 Å². The standard InChI is InChI=1S/C50H29N5/c51-30-32-24-26-48-41(28-32)40-17-11-23-49(54-46-21-9-4-15-38(46)39-16-5-10-22-47(39)54)50(40)55(48)43-18-6-1-12-35(43)33-25-27-42(34(29-33)31-52)53-44-19-7-2-13-36(44)37-14-3-8-20-45(37)53/h1-29H. The molecular weight excluding hydrogens is 671 g/mol. The minimum Gasteiger partial charge on any atom is -0.308 e. The molecule has 0 bridgehead atoms. The van der Waals surface area contributed by atoms with Crippen molar-refractivity contribution in [3.63, 3.8) is 0 Å². The highest BCUT2D eigenvalue weighted by Gasteiger charge is 2.22. The molecule has 11 rings (SSSR count). The first-order valence-electron chi connectivity index (χ1n) is 18.3. The lowest BCUT2D eigenvalue weighted by Gasteiger charge is -2.18. The summed E-state index contributed by atoms with van der Waals surface area (Å²) >= 11 is 0. The zero-order valence-electron chi connectivity index (χ0n) is 29.5. The number of nitrogens with zero attached hydrogens (tertiary/aromatic N) is 5. The summed E-state index contributed by atoms with van der Waals surface area (Å²) in [6.07, 6.45) is 0. The van der Waals surface area contributed by atoms with Crippen LogP contribution in [0.2, 0.25) is 0 Å². The molecule has 55 heavy (non-hydrogen) atoms. The van der Waals surface area contributed by atoms with Crippen LogP contribution in [0.25, 0.3) is 93.6 Å². The maximum absolute atomic E-state index is 10.7. The topological polar surface area (TPSA) is 62.4 Å². The van der Waals surface area contributed by atoms with Crippen LogP contribution < -0.4 is 0 Å². The molecule has 3 aromatic heterocycles. The molecule has 3 heterocycles. The Morgan fingerprint density at radius 2 is 0.855 bits per heavy atom. The summed E-state index contributed by atoms with van der Waals surface area (Å²) in [6, 6.07) is 65.9. The van der Waals surface area contributed by atoms with Gasteiger partial charge in [-0.1, -0.05) is 109 Å². The maximum atomic E-state index is 10.7. The van der Waals surface area contributed by atoms with Gasteiger partial charge in [0.25, 0.3) is 0 Å². The first-order valence-corrected chi connectivity index (χ1v) is 18.3. The van der Waals surface area contributed by atoms with Crippen LogP contribution in [0.15, 0.2) is 176 Å². The van der Waals surface area contributed by atoms with Gasteiger partial charge in [0.15, 0.2) is 0 Å². The molecule has 8 aromatic carbocycles. The van der Waals surface area contributed by atoms with Crippen LogP contribution in [-0.4, -0.2) is 13.7 Å². The lowest BCUT2D eigenvalue weighted by molar-refractivity contribution is 1.13. The summed E-state index contributed by atoms with van der Waals surface area (Å²) in [4.78, 5) is 0. The first-order chi connectivity index (χ1) is 27.2. The van der Waals surface area contributed by atoms with Crippen molar-refractivity contribution in [2.45, 2.75) is 0 Å². The van der Waals surface area contributed by atoms with Crippen LogP contribution in [0.4, 0.5) is 0 Å². The highest BCUT2D eigenvalue weighted by atomic mass is 15.1. The monoisotopic (exact) mass is 699 g/mol. The van der Waals surface area contributed by atoms with Crippen molar-refractivity contribution in [1.82, 2.24) is 13.7 Å². The lowest BCUT2D eigenvalue weighted by atomic mass is 10.00. The Bertz CT molecular complexity index is 3360. The molecule has 0 saturated carbocycles. The third-order valence-corrected chi connectivity index (χ3v) is 11.1. The van der Waals surface area contributed by atoms with Crippen molar-refractivity contribution >= 4 is 65.4 Å². The van der Waals surface area contributed by atoms with Gasteiger partial charge in [-0.3, -0.25) is 0 Å². The zero-order valence-corrected chi connectivity index (χ0v) is 29.5. The molecule has 0 aliphatic rings. The average molecular weight is 700 g/mol. The summed E-state index contributed by atoms with van der Waals surface area (Å²) in [5.74, 6) is 0. The van der Waals surface area contributed by atoms with Gasteiger partial charge in [-0.2, -0.15) is 10.5 Å². The molecule has 0 aliphatic carbocycles. The minimum atomic E-state index is 0.589. The number of hydrogen-bond donors (Lipinski definition) is 0. The summed E-state index contributed by atoms with van der Waals surface area (Å²) in [6.45, 7) is 0. The SMILES string of the molecule is N#Cc1ccc2c(c1)c1cccc(-n3c4ccccc4c4ccccc43)c1n2-c1ccccc1-c1ccc(-n2c3ccccc3c3ccccc32)c(C#N)c1. The third kappa shape index (κ3) is 4.39. The van der Waals surface area contributed by atoms with Gasteiger partial charge in [-0.15, -0.1) is 0 Å². The van der Waals surface area contributed by atoms with Crippen LogP contribution in [-0.2, 0) is 0 Å². The van der Waals surface area contributed by atoms with Crippen LogP contribution in [0, 0.1) is 22.7 Å². The highest BCUT2D eigenvalue weighted by Crippen LogP contribution is 2.42. The van der Waals surface area contributed by atoms with Crippen LogP contribution in [0.1, 0.15) is 11.1 Å². The largest absolute Gasteiger partial charge is 0.308 e. The number of hydrogen-bond acceptors (Lipinski definition) is 2. The number of fused-ring (bicyclic) bond motifs is 9. The van der Waals surface area contributed by atoms with E-state index in [4.69, 9.17) is 0 Å². The van der Waals surface area contributed by atoms with Gasteiger partial charge in [-0.25, -0.2) is 0 Å². The van der Waals surface area contributed by atoms with Crippen LogP contribution in [0.3, 0.4) is 0 Å². The molecule has 0 spiro atoms. The fraction of sp³-hybridized carbons (Fsp3) is 0. The zero-order chi connectivity index (χ0) is 36.6. The molecule has 0 aliphatic heterocycles. The van der Waals surface area contributed by atoms with E-state index in [2.05, 4.69) is 171 Å². The molecule has 0 radical (unpaired) electrons. The second-order valence-electron chi connectivity index (χ2n) is 14.0. The van der Waals surface area contributed by atoms with E-state index < -0.39 is 0 Å². The fourth-order valence-corrected chi connectivity index (χ4v) is 8.82. The van der Waals surface area contributed by atoms with E-state index in [-0.39, 0.29) is 0 Å². The van der Waals surface area contributed by atoms with E-state index in [0.717, 1.165) is 82.8 Å². The Labute approximate surface area is 316 Å². The van der Waals surface area contributed by atoms with Crippen molar-refractivity contribution in [2.24, 2.45) is 0 Å². The van der Waals surface area contributed by atoms with Crippen molar-refractivity contribution in [1.29, 1.82) is 10.5 Å². The molecule has 254 valence electrons. The second-order valence-corrected chi connectivity index (χ2v) is 14.0. The lowest BCUT2D eigenvalue weighted by Crippen LogP contribution is -2.02. The quantitative estimate of drug-likeness (QED) is 0.184. The highest BCUT2D eigenvalue weighted by molar-refractivity contribution is 6.15. The molecule has 0 saturated heterocycles. The van der Waals surface area contributed by atoms with E-state index in [9.17, 15) is 10.5 Å². The van der Waals surface area contributed by atoms with Gasteiger partial charge >= 0.3 is 0 Å². The summed E-state index contributed by atoms with van der Waals surface area (Å²) in [5.41, 5.74) is 12.4. The van der Waals surface area contributed by atoms with Crippen molar-refractivity contribution in [3.05, 3.63) is 187 Å². The fourth-order valence-electron chi connectivity index (χ4n) is 8.82. The van der Waals surface area contributed by atoms with Gasteiger partial charge in [0, 0.05) is 37.9 Å². The number of nitriles is 2. The molecule has 0 amide bonds. The maximum Gasteiger partial charge on any atom is 0.101 e. The summed E-state index contributed by atoms with van der Waals surface area (Å²) in [5, 5.41) is 27.5. The predicted octanol–water partition coefficient (Wildman–Crippen LogP) is 12.4. The van der Waals surface area contributed by atoms with E-state index in [0.29, 0.717) is 11.1 Å². The Morgan fingerprint density at radius 3 is 1.45 bits per heavy atom. The molecule has 0 unspecified atom stereocenters. The predicted molar refractivity (Wildman–Crippen MR) is 224 cm³/mol. The normalized spacial score (nSPS) is 11.6. The Kier molecular flexibility index (Phi) is 6.61. The molecule has 0 atom stereocenters. The van der Waals surface area contributed by atoms with Gasteiger partial charge in [-0.05, 0) is 72.3 Å². The second kappa shape index (κ2) is 11.8. The molecule has 5 heteroatoms. The van der Waals surface area contributed by atoms with Gasteiger partial charge < -0.3 is 13.7 Å². The Morgan fingerprint density at radius 1 is 0.345 bits per heavy atom. The molecule has 5 nitrogen and oxygen atoms in total. The van der Waals surface area contributed by atoms with Crippen molar-refractivity contribution in [3.8, 4) is 40.3 Å². The number of para-hydroxylation sites is 6. The van der Waals surface area contributed by atoms with E-state index in [1.165, 1.54) is 10.8 Å². The number of benzene rings is 8. The van der Waals surface area contributed by atoms with Gasteiger partial charge in [0.2, 0.25) is 0 Å². The summed E-state index contributed by atoms with van der Waals surface area (Å²) < 4.78 is 6.91.